The molecule has 6 aromatic carbocycles. The molecule has 0 amide bonds. The van der Waals surface area contributed by atoms with Crippen LogP contribution in [-0.4, -0.2) is 28.2 Å². The van der Waals surface area contributed by atoms with E-state index in [1.165, 1.54) is 61.5 Å². The van der Waals surface area contributed by atoms with E-state index in [0.717, 1.165) is 59.1 Å². The van der Waals surface area contributed by atoms with Gasteiger partial charge in [0.25, 0.3) is 0 Å². The highest BCUT2D eigenvalue weighted by molar-refractivity contribution is 6.10. The first-order valence-electron chi connectivity index (χ1n) is 22.4. The van der Waals surface area contributed by atoms with Crippen LogP contribution >= 0.6 is 0 Å². The molecule has 10 rings (SSSR count). The maximum absolute atomic E-state index is 4.87. The zero-order valence-electron chi connectivity index (χ0n) is 38.2. The third kappa shape index (κ3) is 6.93. The molecule has 316 valence electrons. The van der Waals surface area contributed by atoms with Gasteiger partial charge < -0.3 is 14.7 Å². The number of aryl methyl sites for hydroxylation is 2. The van der Waals surface area contributed by atoms with Crippen LogP contribution in [0.5, 0.6) is 0 Å². The zero-order chi connectivity index (χ0) is 43.8. The normalized spacial score (nSPS) is 14.4. The number of hydrogen-bond acceptors (Lipinski definition) is 5. The number of hydrogen-bond donors (Lipinski definition) is 0. The first kappa shape index (κ1) is 40.3. The van der Waals surface area contributed by atoms with Crippen molar-refractivity contribution in [2.45, 2.75) is 79.1 Å². The van der Waals surface area contributed by atoms with Crippen molar-refractivity contribution in [2.24, 2.45) is 0 Å². The van der Waals surface area contributed by atoms with Crippen LogP contribution in [0, 0.1) is 6.92 Å². The molecule has 0 unspecified atom stereocenters. The summed E-state index contributed by atoms with van der Waals surface area (Å²) in [4.78, 5) is 14.7. The Morgan fingerprint density at radius 3 is 1.81 bits per heavy atom. The molecular formula is C57H58N6. The SMILES string of the molecule is CC1=C(N2c3ccccc3CCc3ccccc32)N(C)CN1c1cccc(N(c2cc(C(C)(C)C)c(C)c(C(C)(C)C)c2)c2ccc3c4ccccc4n(-c4ccccn4)c3c2)c1. The molecule has 2 aliphatic heterocycles. The Bertz CT molecular complexity index is 2990. The highest BCUT2D eigenvalue weighted by atomic mass is 15.5. The van der Waals surface area contributed by atoms with E-state index in [1.54, 1.807) is 0 Å². The lowest BCUT2D eigenvalue weighted by Crippen LogP contribution is -2.29. The second kappa shape index (κ2) is 15.2. The van der Waals surface area contributed by atoms with E-state index in [-0.39, 0.29) is 10.8 Å². The van der Waals surface area contributed by atoms with E-state index < -0.39 is 0 Å². The number of anilines is 6. The number of aromatic nitrogens is 2. The Kier molecular flexibility index (Phi) is 9.74. The number of pyridine rings is 1. The fourth-order valence-electron chi connectivity index (χ4n) is 10.4. The molecule has 2 aromatic heterocycles. The first-order valence-corrected chi connectivity index (χ1v) is 22.4. The topological polar surface area (TPSA) is 30.8 Å². The Labute approximate surface area is 373 Å². The Morgan fingerprint density at radius 2 is 1.16 bits per heavy atom. The smallest absolute Gasteiger partial charge is 0.137 e. The molecule has 0 radical (unpaired) electrons. The molecule has 0 aliphatic carbocycles. The predicted octanol–water partition coefficient (Wildman–Crippen LogP) is 14.4. The lowest BCUT2D eigenvalue weighted by molar-refractivity contribution is 0.451. The van der Waals surface area contributed by atoms with Crippen LogP contribution in [0.3, 0.4) is 0 Å². The summed E-state index contributed by atoms with van der Waals surface area (Å²) >= 11 is 0. The van der Waals surface area contributed by atoms with Gasteiger partial charge >= 0.3 is 0 Å². The molecule has 6 nitrogen and oxygen atoms in total. The molecule has 8 aromatic rings. The molecule has 0 N–H and O–H groups in total. The maximum atomic E-state index is 4.87. The lowest BCUT2D eigenvalue weighted by atomic mass is 9.76. The van der Waals surface area contributed by atoms with E-state index in [9.17, 15) is 0 Å². The Balaban J connectivity index is 1.18. The van der Waals surface area contributed by atoms with Gasteiger partial charge in [-0.15, -0.1) is 0 Å². The van der Waals surface area contributed by atoms with Crippen molar-refractivity contribution in [3.05, 3.63) is 191 Å². The highest BCUT2D eigenvalue weighted by Gasteiger charge is 2.34. The lowest BCUT2D eigenvalue weighted by Gasteiger charge is -2.34. The second-order valence-corrected chi connectivity index (χ2v) is 19.5. The monoisotopic (exact) mass is 826 g/mol. The van der Waals surface area contributed by atoms with E-state index in [1.807, 2.05) is 12.3 Å². The molecule has 0 atom stereocenters. The van der Waals surface area contributed by atoms with Crippen LogP contribution in [0.4, 0.5) is 34.1 Å². The van der Waals surface area contributed by atoms with E-state index in [0.29, 0.717) is 0 Å². The molecule has 63 heavy (non-hydrogen) atoms. The fraction of sp³-hybridized carbons (Fsp3) is 0.246. The van der Waals surface area contributed by atoms with Crippen LogP contribution in [0.1, 0.15) is 76.3 Å². The maximum Gasteiger partial charge on any atom is 0.137 e. The molecule has 0 bridgehead atoms. The average molecular weight is 827 g/mol. The van der Waals surface area contributed by atoms with E-state index in [4.69, 9.17) is 4.98 Å². The van der Waals surface area contributed by atoms with Crippen LogP contribution in [-0.2, 0) is 23.7 Å². The number of benzene rings is 6. The summed E-state index contributed by atoms with van der Waals surface area (Å²) in [6.07, 6.45) is 3.92. The summed E-state index contributed by atoms with van der Waals surface area (Å²) in [6.45, 7) is 19.4. The van der Waals surface area contributed by atoms with Crippen molar-refractivity contribution in [3.8, 4) is 5.82 Å². The summed E-state index contributed by atoms with van der Waals surface area (Å²) in [5, 5.41) is 2.41. The Morgan fingerprint density at radius 1 is 0.556 bits per heavy atom. The van der Waals surface area contributed by atoms with Crippen molar-refractivity contribution in [1.82, 2.24) is 14.5 Å². The van der Waals surface area contributed by atoms with Crippen LogP contribution in [0.2, 0.25) is 0 Å². The van der Waals surface area contributed by atoms with Gasteiger partial charge in [-0.1, -0.05) is 114 Å². The van der Waals surface area contributed by atoms with Crippen molar-refractivity contribution in [3.63, 3.8) is 0 Å². The summed E-state index contributed by atoms with van der Waals surface area (Å²) in [7, 11) is 2.23. The summed E-state index contributed by atoms with van der Waals surface area (Å²) < 4.78 is 2.31. The predicted molar refractivity (Wildman–Crippen MR) is 266 cm³/mol. The summed E-state index contributed by atoms with van der Waals surface area (Å²) in [5.74, 6) is 2.11. The van der Waals surface area contributed by atoms with Gasteiger partial charge in [0.2, 0.25) is 0 Å². The molecule has 6 heteroatoms. The van der Waals surface area contributed by atoms with Crippen LogP contribution in [0.25, 0.3) is 27.6 Å². The minimum Gasteiger partial charge on any atom is -0.341 e. The molecule has 4 heterocycles. The fourth-order valence-corrected chi connectivity index (χ4v) is 10.4. The van der Waals surface area contributed by atoms with Crippen molar-refractivity contribution in [1.29, 1.82) is 0 Å². The Hall–Kier alpha value is -6.79. The van der Waals surface area contributed by atoms with E-state index >= 15 is 0 Å². The zero-order valence-corrected chi connectivity index (χ0v) is 38.2. The van der Waals surface area contributed by atoms with Gasteiger partial charge in [0.15, 0.2) is 0 Å². The summed E-state index contributed by atoms with van der Waals surface area (Å²) in [5.41, 5.74) is 17.2. The molecule has 0 saturated carbocycles. The third-order valence-corrected chi connectivity index (χ3v) is 13.2. The average Bonchev–Trinajstić information content (AvgIpc) is 3.69. The van der Waals surface area contributed by atoms with Crippen LogP contribution < -0.4 is 14.7 Å². The van der Waals surface area contributed by atoms with Crippen molar-refractivity contribution >= 4 is 55.9 Å². The minimum absolute atomic E-state index is 0.0635. The largest absolute Gasteiger partial charge is 0.341 e. The standard InChI is InChI=1S/C57H58N6/c1-38-48(56(3,4)5)34-45(35-49(38)57(6,7)8)61(44-30-31-47-46-23-12-15-26-52(46)62(53(47)36-44)54-27-16-17-32-58-54)43-22-18-21-42(33-43)60-37-59(9)55(39(60)2)63-50-24-13-10-19-40(50)28-29-41-20-11-14-25-51(41)63/h10-27,30-36H,28-29,37H2,1-9H3. The quantitative estimate of drug-likeness (QED) is 0.167. The van der Waals surface area contributed by atoms with Gasteiger partial charge in [0, 0.05) is 46.8 Å². The van der Waals surface area contributed by atoms with Gasteiger partial charge in [0.05, 0.1) is 34.8 Å². The summed E-state index contributed by atoms with van der Waals surface area (Å²) in [6, 6.07) is 53.7. The van der Waals surface area contributed by atoms with Gasteiger partial charge in [-0.05, 0) is 138 Å². The molecule has 0 fully saturated rings. The first-order chi connectivity index (χ1) is 30.3. The second-order valence-electron chi connectivity index (χ2n) is 19.5. The number of rotatable bonds is 6. The van der Waals surface area contributed by atoms with Crippen LogP contribution in [0.15, 0.2) is 163 Å². The third-order valence-electron chi connectivity index (χ3n) is 13.2. The number of para-hydroxylation sites is 3. The van der Waals surface area contributed by atoms with E-state index in [2.05, 4.69) is 226 Å². The molecule has 0 spiro atoms. The highest BCUT2D eigenvalue weighted by Crippen LogP contribution is 2.47. The number of allylic oxidation sites excluding steroid dienone is 1. The van der Waals surface area contributed by atoms with Crippen molar-refractivity contribution in [2.75, 3.05) is 28.4 Å². The number of fused-ring (bicyclic) bond motifs is 5. The van der Waals surface area contributed by atoms with Gasteiger partial charge in [0.1, 0.15) is 11.6 Å². The molecular weight excluding hydrogens is 769 g/mol. The van der Waals surface area contributed by atoms with Gasteiger partial charge in [-0.3, -0.25) is 9.47 Å². The molecule has 2 aliphatic rings. The van der Waals surface area contributed by atoms with Crippen molar-refractivity contribution < 1.29 is 0 Å². The van der Waals surface area contributed by atoms with Gasteiger partial charge in [-0.2, -0.15) is 0 Å². The number of nitrogens with zero attached hydrogens (tertiary/aromatic N) is 6. The minimum atomic E-state index is -0.0635. The van der Waals surface area contributed by atoms with Gasteiger partial charge in [-0.25, -0.2) is 4.98 Å². The molecule has 0 saturated heterocycles.